The molecule has 0 bridgehead atoms. The largest absolute Gasteiger partial charge is 0.493 e. The molecule has 0 radical (unpaired) electrons. The molecule has 2 aromatic heterocycles. The molecule has 24 heavy (non-hydrogen) atoms. The van der Waals surface area contributed by atoms with Gasteiger partial charge in [-0.25, -0.2) is 9.50 Å². The monoisotopic (exact) mass is 322 g/mol. The fourth-order valence-electron chi connectivity index (χ4n) is 3.04. The molecule has 1 amide bonds. The third-order valence-corrected chi connectivity index (χ3v) is 4.34. The SMILES string of the molecule is O=C(NCc1cnn2cccnc12)[C@@H]1CCOc2ccccc2C1. The number of nitrogens with zero attached hydrogens (tertiary/aromatic N) is 3. The molecule has 1 aromatic carbocycles. The van der Waals surface area contributed by atoms with Crippen LogP contribution in [0.2, 0.25) is 0 Å². The van der Waals surface area contributed by atoms with Crippen molar-refractivity contribution in [3.8, 4) is 5.75 Å². The summed E-state index contributed by atoms with van der Waals surface area (Å²) in [5.41, 5.74) is 2.77. The van der Waals surface area contributed by atoms with Crippen LogP contribution >= 0.6 is 0 Å². The first-order valence-corrected chi connectivity index (χ1v) is 8.07. The van der Waals surface area contributed by atoms with E-state index in [4.69, 9.17) is 4.74 Å². The summed E-state index contributed by atoms with van der Waals surface area (Å²) in [7, 11) is 0. The van der Waals surface area contributed by atoms with Crippen LogP contribution in [-0.2, 0) is 17.8 Å². The predicted octanol–water partition coefficient (Wildman–Crippen LogP) is 1.99. The number of carbonyl (C=O) groups is 1. The summed E-state index contributed by atoms with van der Waals surface area (Å²) in [5, 5.41) is 7.25. The van der Waals surface area contributed by atoms with Gasteiger partial charge in [0.25, 0.3) is 0 Å². The van der Waals surface area contributed by atoms with Crippen molar-refractivity contribution in [3.63, 3.8) is 0 Å². The highest BCUT2D eigenvalue weighted by Crippen LogP contribution is 2.26. The van der Waals surface area contributed by atoms with Gasteiger partial charge in [0.05, 0.1) is 12.8 Å². The van der Waals surface area contributed by atoms with Gasteiger partial charge in [-0.3, -0.25) is 4.79 Å². The molecule has 6 nitrogen and oxygen atoms in total. The number of rotatable bonds is 3. The Bertz CT molecular complexity index is 874. The van der Waals surface area contributed by atoms with Crippen LogP contribution in [0.5, 0.6) is 5.75 Å². The smallest absolute Gasteiger partial charge is 0.223 e. The van der Waals surface area contributed by atoms with E-state index in [1.807, 2.05) is 36.5 Å². The first kappa shape index (κ1) is 14.7. The van der Waals surface area contributed by atoms with Crippen molar-refractivity contribution >= 4 is 11.6 Å². The number of para-hydroxylation sites is 1. The lowest BCUT2D eigenvalue weighted by molar-refractivity contribution is -0.125. The maximum absolute atomic E-state index is 12.6. The molecule has 122 valence electrons. The first-order chi connectivity index (χ1) is 11.8. The summed E-state index contributed by atoms with van der Waals surface area (Å²) in [5.74, 6) is 0.855. The fourth-order valence-corrected chi connectivity index (χ4v) is 3.04. The lowest BCUT2D eigenvalue weighted by atomic mass is 9.96. The van der Waals surface area contributed by atoms with Crippen LogP contribution in [0.3, 0.4) is 0 Å². The highest BCUT2D eigenvalue weighted by molar-refractivity contribution is 5.79. The van der Waals surface area contributed by atoms with Crippen LogP contribution in [0.25, 0.3) is 5.65 Å². The highest BCUT2D eigenvalue weighted by atomic mass is 16.5. The van der Waals surface area contributed by atoms with Crippen molar-refractivity contribution in [2.45, 2.75) is 19.4 Å². The lowest BCUT2D eigenvalue weighted by Crippen LogP contribution is -2.31. The average Bonchev–Trinajstić information content (AvgIpc) is 2.90. The molecule has 6 heteroatoms. The maximum atomic E-state index is 12.6. The highest BCUT2D eigenvalue weighted by Gasteiger charge is 2.23. The number of nitrogens with one attached hydrogen (secondary N) is 1. The Morgan fingerprint density at radius 2 is 2.25 bits per heavy atom. The van der Waals surface area contributed by atoms with E-state index in [1.165, 1.54) is 0 Å². The van der Waals surface area contributed by atoms with Crippen LogP contribution in [0.15, 0.2) is 48.9 Å². The maximum Gasteiger partial charge on any atom is 0.223 e. The molecule has 3 aromatic rings. The Morgan fingerprint density at radius 3 is 3.21 bits per heavy atom. The van der Waals surface area contributed by atoms with Crippen LogP contribution in [0.1, 0.15) is 17.5 Å². The van der Waals surface area contributed by atoms with Crippen molar-refractivity contribution in [2.24, 2.45) is 5.92 Å². The second kappa shape index (κ2) is 6.31. The van der Waals surface area contributed by atoms with Gasteiger partial charge in [0, 0.05) is 30.4 Å². The second-order valence-electron chi connectivity index (χ2n) is 5.92. The minimum absolute atomic E-state index is 0.0468. The quantitative estimate of drug-likeness (QED) is 0.801. The van der Waals surface area contributed by atoms with Crippen molar-refractivity contribution in [3.05, 3.63) is 60.0 Å². The van der Waals surface area contributed by atoms with Gasteiger partial charge in [0.2, 0.25) is 5.91 Å². The van der Waals surface area contributed by atoms with E-state index in [1.54, 1.807) is 16.9 Å². The minimum atomic E-state index is -0.0801. The number of benzene rings is 1. The number of carbonyl (C=O) groups excluding carboxylic acids is 1. The minimum Gasteiger partial charge on any atom is -0.493 e. The lowest BCUT2D eigenvalue weighted by Gasteiger charge is -2.13. The van der Waals surface area contributed by atoms with E-state index < -0.39 is 0 Å². The van der Waals surface area contributed by atoms with E-state index in [9.17, 15) is 4.79 Å². The molecule has 1 aliphatic heterocycles. The van der Waals surface area contributed by atoms with Crippen molar-refractivity contribution in [2.75, 3.05) is 6.61 Å². The van der Waals surface area contributed by atoms with E-state index in [0.717, 1.165) is 22.5 Å². The summed E-state index contributed by atoms with van der Waals surface area (Å²) in [6.45, 7) is 0.992. The molecule has 3 heterocycles. The number of hydrogen-bond donors (Lipinski definition) is 1. The van der Waals surface area contributed by atoms with Crippen LogP contribution in [0.4, 0.5) is 0 Å². The molecule has 0 unspecified atom stereocenters. The van der Waals surface area contributed by atoms with Gasteiger partial charge < -0.3 is 10.1 Å². The Hall–Kier alpha value is -2.89. The average molecular weight is 322 g/mol. The van der Waals surface area contributed by atoms with Gasteiger partial charge in [-0.1, -0.05) is 18.2 Å². The van der Waals surface area contributed by atoms with E-state index >= 15 is 0 Å². The van der Waals surface area contributed by atoms with Gasteiger partial charge in [-0.15, -0.1) is 0 Å². The Balaban J connectivity index is 1.45. The normalized spacial score (nSPS) is 16.9. The zero-order valence-corrected chi connectivity index (χ0v) is 13.2. The number of hydrogen-bond acceptors (Lipinski definition) is 4. The van der Waals surface area contributed by atoms with E-state index in [2.05, 4.69) is 15.4 Å². The Morgan fingerprint density at radius 1 is 1.33 bits per heavy atom. The molecule has 0 spiro atoms. The first-order valence-electron chi connectivity index (χ1n) is 8.07. The number of amides is 1. The molecule has 1 aliphatic rings. The zero-order valence-electron chi connectivity index (χ0n) is 13.2. The third-order valence-electron chi connectivity index (χ3n) is 4.34. The summed E-state index contributed by atoms with van der Waals surface area (Å²) in [4.78, 5) is 16.9. The predicted molar refractivity (Wildman–Crippen MR) is 88.6 cm³/mol. The van der Waals surface area contributed by atoms with Gasteiger partial charge in [0.15, 0.2) is 5.65 Å². The Labute approximate surface area is 139 Å². The molecule has 1 atom stereocenters. The number of aromatic nitrogens is 3. The molecule has 0 saturated carbocycles. The molecular formula is C18H18N4O2. The van der Waals surface area contributed by atoms with Gasteiger partial charge in [-0.2, -0.15) is 5.10 Å². The number of fused-ring (bicyclic) bond motifs is 2. The second-order valence-corrected chi connectivity index (χ2v) is 5.92. The van der Waals surface area contributed by atoms with Crippen molar-refractivity contribution in [1.82, 2.24) is 19.9 Å². The molecule has 0 aliphatic carbocycles. The van der Waals surface area contributed by atoms with Crippen LogP contribution in [-0.4, -0.2) is 27.1 Å². The summed E-state index contributed by atoms with van der Waals surface area (Å²) in [6, 6.07) is 9.74. The molecule has 0 fully saturated rings. The molecule has 4 rings (SSSR count). The third kappa shape index (κ3) is 2.82. The van der Waals surface area contributed by atoms with Crippen molar-refractivity contribution < 1.29 is 9.53 Å². The molecule has 1 N–H and O–H groups in total. The van der Waals surface area contributed by atoms with Gasteiger partial charge >= 0.3 is 0 Å². The number of ether oxygens (including phenoxy) is 1. The molecular weight excluding hydrogens is 304 g/mol. The zero-order chi connectivity index (χ0) is 16.4. The topological polar surface area (TPSA) is 68.5 Å². The van der Waals surface area contributed by atoms with Crippen LogP contribution < -0.4 is 10.1 Å². The van der Waals surface area contributed by atoms with Gasteiger partial charge in [0.1, 0.15) is 5.75 Å². The molecule has 0 saturated heterocycles. The summed E-state index contributed by atoms with van der Waals surface area (Å²) >= 11 is 0. The van der Waals surface area contributed by atoms with Gasteiger partial charge in [-0.05, 0) is 30.5 Å². The standard InChI is InChI=1S/C18H18N4O2/c23-18(14-6-9-24-16-5-2-1-4-13(16)10-14)20-11-15-12-21-22-8-3-7-19-17(15)22/h1-5,7-8,12,14H,6,9-11H2,(H,20,23)/t14-/m1/s1. The van der Waals surface area contributed by atoms with Crippen LogP contribution in [0, 0.1) is 5.92 Å². The van der Waals surface area contributed by atoms with Crippen molar-refractivity contribution in [1.29, 1.82) is 0 Å². The fraction of sp³-hybridized carbons (Fsp3) is 0.278. The van der Waals surface area contributed by atoms with E-state index in [0.29, 0.717) is 26.0 Å². The summed E-state index contributed by atoms with van der Waals surface area (Å²) in [6.07, 6.45) is 6.73. The van der Waals surface area contributed by atoms with E-state index in [-0.39, 0.29) is 11.8 Å². The Kier molecular flexibility index (Phi) is 3.86. The summed E-state index contributed by atoms with van der Waals surface area (Å²) < 4.78 is 7.44.